The molecule has 1 N–H and O–H groups in total. The molecule has 2 aromatic carbocycles. The monoisotopic (exact) mass is 268 g/mol. The zero-order valence-electron chi connectivity index (χ0n) is 11.3. The van der Waals surface area contributed by atoms with E-state index in [1.165, 1.54) is 0 Å². The molecule has 0 bridgehead atoms. The summed E-state index contributed by atoms with van der Waals surface area (Å²) in [4.78, 5) is 0. The molecule has 0 aliphatic heterocycles. The van der Waals surface area contributed by atoms with E-state index in [1.54, 1.807) is 13.2 Å². The number of rotatable bonds is 4. The van der Waals surface area contributed by atoms with Crippen LogP contribution in [0.2, 0.25) is 0 Å². The van der Waals surface area contributed by atoms with Crippen molar-refractivity contribution in [1.29, 1.82) is 0 Å². The van der Waals surface area contributed by atoms with Crippen molar-refractivity contribution in [3.05, 3.63) is 59.7 Å². The summed E-state index contributed by atoms with van der Waals surface area (Å²) in [6.45, 7) is 0.288. The minimum Gasteiger partial charge on any atom is -0.497 e. The van der Waals surface area contributed by atoms with Gasteiger partial charge in [-0.25, -0.2) is 0 Å². The van der Waals surface area contributed by atoms with Crippen LogP contribution < -0.4 is 9.47 Å². The summed E-state index contributed by atoms with van der Waals surface area (Å²) in [5, 5.41) is 8.81. The zero-order valence-corrected chi connectivity index (χ0v) is 11.3. The van der Waals surface area contributed by atoms with E-state index in [-0.39, 0.29) is 6.61 Å². The third kappa shape index (κ3) is 3.78. The molecule has 0 fully saturated rings. The molecular formula is C17H16O3. The highest BCUT2D eigenvalue weighted by molar-refractivity contribution is 5.50. The molecule has 0 aromatic heterocycles. The Kier molecular flexibility index (Phi) is 5.05. The van der Waals surface area contributed by atoms with E-state index in [4.69, 9.17) is 14.6 Å². The van der Waals surface area contributed by atoms with Gasteiger partial charge < -0.3 is 14.6 Å². The predicted octanol–water partition coefficient (Wildman–Crippen LogP) is 2.62. The lowest BCUT2D eigenvalue weighted by atomic mass is 10.2. The van der Waals surface area contributed by atoms with Crippen LogP contribution in [0, 0.1) is 11.8 Å². The van der Waals surface area contributed by atoms with E-state index in [9.17, 15) is 0 Å². The molecule has 3 heteroatoms. The van der Waals surface area contributed by atoms with Gasteiger partial charge in [0.2, 0.25) is 0 Å². The highest BCUT2D eigenvalue weighted by Crippen LogP contribution is 2.24. The van der Waals surface area contributed by atoms with Gasteiger partial charge >= 0.3 is 0 Å². The zero-order chi connectivity index (χ0) is 14.2. The third-order valence-electron chi connectivity index (χ3n) is 2.73. The fourth-order valence-corrected chi connectivity index (χ4v) is 1.73. The van der Waals surface area contributed by atoms with Crippen LogP contribution in [0.4, 0.5) is 0 Å². The maximum Gasteiger partial charge on any atom is 0.135 e. The summed E-state index contributed by atoms with van der Waals surface area (Å²) in [6, 6.07) is 15.4. The SMILES string of the molecule is COc1ccc(OCc2ccccc2)c(C#CCO)c1. The van der Waals surface area contributed by atoms with E-state index in [0.29, 0.717) is 23.7 Å². The quantitative estimate of drug-likeness (QED) is 0.866. The van der Waals surface area contributed by atoms with Crippen LogP contribution in [-0.4, -0.2) is 18.8 Å². The first kappa shape index (κ1) is 14.0. The molecule has 0 saturated carbocycles. The molecule has 0 atom stereocenters. The van der Waals surface area contributed by atoms with Crippen LogP contribution in [0.15, 0.2) is 48.5 Å². The highest BCUT2D eigenvalue weighted by atomic mass is 16.5. The molecule has 0 saturated heterocycles. The lowest BCUT2D eigenvalue weighted by molar-refractivity contribution is 0.304. The number of aliphatic hydroxyl groups is 1. The lowest BCUT2D eigenvalue weighted by Crippen LogP contribution is -1.97. The Morgan fingerprint density at radius 2 is 1.90 bits per heavy atom. The van der Waals surface area contributed by atoms with E-state index < -0.39 is 0 Å². The number of methoxy groups -OCH3 is 1. The van der Waals surface area contributed by atoms with Crippen molar-refractivity contribution in [1.82, 2.24) is 0 Å². The Labute approximate surface area is 118 Å². The van der Waals surface area contributed by atoms with Crippen LogP contribution in [0.5, 0.6) is 11.5 Å². The second-order valence-corrected chi connectivity index (χ2v) is 4.10. The fourth-order valence-electron chi connectivity index (χ4n) is 1.73. The summed E-state index contributed by atoms with van der Waals surface area (Å²) in [7, 11) is 1.60. The van der Waals surface area contributed by atoms with Crippen LogP contribution in [0.3, 0.4) is 0 Å². The first-order valence-electron chi connectivity index (χ1n) is 6.28. The topological polar surface area (TPSA) is 38.7 Å². The number of ether oxygens (including phenoxy) is 2. The minimum atomic E-state index is -0.185. The summed E-state index contributed by atoms with van der Waals surface area (Å²) in [5.41, 5.74) is 1.79. The molecular weight excluding hydrogens is 252 g/mol. The molecule has 3 nitrogen and oxygen atoms in total. The highest BCUT2D eigenvalue weighted by Gasteiger charge is 2.04. The van der Waals surface area contributed by atoms with Crippen molar-refractivity contribution in [3.8, 4) is 23.3 Å². The van der Waals surface area contributed by atoms with Gasteiger partial charge in [0, 0.05) is 0 Å². The average Bonchev–Trinajstić information content (AvgIpc) is 2.52. The maximum atomic E-state index is 8.81. The standard InChI is InChI=1S/C17H16O3/c1-19-16-9-10-17(15(12-16)8-5-11-18)20-13-14-6-3-2-4-7-14/h2-4,6-7,9-10,12,18H,11,13H2,1H3. The van der Waals surface area contributed by atoms with Crippen LogP contribution in [0.25, 0.3) is 0 Å². The van der Waals surface area contributed by atoms with Gasteiger partial charge in [0.05, 0.1) is 12.7 Å². The van der Waals surface area contributed by atoms with Gasteiger partial charge in [-0.1, -0.05) is 42.2 Å². The number of hydrogen-bond acceptors (Lipinski definition) is 3. The first-order valence-corrected chi connectivity index (χ1v) is 6.28. The van der Waals surface area contributed by atoms with Gasteiger partial charge in [-0.2, -0.15) is 0 Å². The summed E-state index contributed by atoms with van der Waals surface area (Å²) < 4.78 is 10.9. The number of aliphatic hydroxyl groups excluding tert-OH is 1. The van der Waals surface area contributed by atoms with Gasteiger partial charge in [-0.3, -0.25) is 0 Å². The van der Waals surface area contributed by atoms with Crippen molar-refractivity contribution in [3.63, 3.8) is 0 Å². The van der Waals surface area contributed by atoms with E-state index in [2.05, 4.69) is 11.8 Å². The van der Waals surface area contributed by atoms with Gasteiger partial charge in [-0.05, 0) is 23.8 Å². The van der Waals surface area contributed by atoms with E-state index >= 15 is 0 Å². The maximum absolute atomic E-state index is 8.81. The molecule has 0 radical (unpaired) electrons. The molecule has 102 valence electrons. The molecule has 2 rings (SSSR count). The Morgan fingerprint density at radius 3 is 2.60 bits per heavy atom. The van der Waals surface area contributed by atoms with Crippen molar-refractivity contribution in [2.24, 2.45) is 0 Å². The summed E-state index contributed by atoms with van der Waals surface area (Å²) >= 11 is 0. The Bertz CT molecular complexity index is 609. The average molecular weight is 268 g/mol. The van der Waals surface area contributed by atoms with Crippen molar-refractivity contribution >= 4 is 0 Å². The minimum absolute atomic E-state index is 0.185. The van der Waals surface area contributed by atoms with E-state index in [1.807, 2.05) is 42.5 Å². The molecule has 0 heterocycles. The van der Waals surface area contributed by atoms with Crippen LogP contribution >= 0.6 is 0 Å². The van der Waals surface area contributed by atoms with Gasteiger partial charge in [0.25, 0.3) is 0 Å². The molecule has 0 spiro atoms. The van der Waals surface area contributed by atoms with Crippen molar-refractivity contribution in [2.75, 3.05) is 13.7 Å². The Hall–Kier alpha value is -2.44. The van der Waals surface area contributed by atoms with Crippen LogP contribution in [0.1, 0.15) is 11.1 Å². The predicted molar refractivity (Wildman–Crippen MR) is 77.7 cm³/mol. The van der Waals surface area contributed by atoms with Gasteiger partial charge in [-0.15, -0.1) is 0 Å². The Balaban J connectivity index is 2.17. The second-order valence-electron chi connectivity index (χ2n) is 4.10. The molecule has 0 aliphatic carbocycles. The van der Waals surface area contributed by atoms with E-state index in [0.717, 1.165) is 5.56 Å². The Morgan fingerprint density at radius 1 is 1.10 bits per heavy atom. The molecule has 0 amide bonds. The third-order valence-corrected chi connectivity index (χ3v) is 2.73. The fraction of sp³-hybridized carbons (Fsp3) is 0.176. The molecule has 0 aliphatic rings. The smallest absolute Gasteiger partial charge is 0.135 e. The van der Waals surface area contributed by atoms with Gasteiger partial charge in [0.1, 0.15) is 24.7 Å². The normalized spacial score (nSPS) is 9.50. The summed E-state index contributed by atoms with van der Waals surface area (Å²) in [5.74, 6) is 6.88. The molecule has 2 aromatic rings. The van der Waals surface area contributed by atoms with Crippen LogP contribution in [-0.2, 0) is 6.61 Å². The molecule has 20 heavy (non-hydrogen) atoms. The summed E-state index contributed by atoms with van der Waals surface area (Å²) in [6.07, 6.45) is 0. The largest absolute Gasteiger partial charge is 0.497 e. The first-order chi connectivity index (χ1) is 9.83. The van der Waals surface area contributed by atoms with Crippen molar-refractivity contribution in [2.45, 2.75) is 6.61 Å². The molecule has 0 unspecified atom stereocenters. The van der Waals surface area contributed by atoms with Gasteiger partial charge in [0.15, 0.2) is 0 Å². The number of benzene rings is 2. The van der Waals surface area contributed by atoms with Crippen molar-refractivity contribution < 1.29 is 14.6 Å². The lowest BCUT2D eigenvalue weighted by Gasteiger charge is -2.10. The second kappa shape index (κ2) is 7.22. The number of hydrogen-bond donors (Lipinski definition) is 1.